The second-order valence-corrected chi connectivity index (χ2v) is 8.85. The van der Waals surface area contributed by atoms with E-state index in [1.165, 1.54) is 6.42 Å². The van der Waals surface area contributed by atoms with Gasteiger partial charge in [0.25, 0.3) is 0 Å². The quantitative estimate of drug-likeness (QED) is 0.412. The highest BCUT2D eigenvalue weighted by molar-refractivity contribution is 8.07. The van der Waals surface area contributed by atoms with E-state index in [4.69, 9.17) is 5.73 Å². The van der Waals surface area contributed by atoms with Gasteiger partial charge in [0.1, 0.15) is 0 Å². The van der Waals surface area contributed by atoms with E-state index in [2.05, 4.69) is 57.7 Å². The van der Waals surface area contributed by atoms with Gasteiger partial charge in [0.15, 0.2) is 0 Å². The molecule has 32 heavy (non-hydrogen) atoms. The highest BCUT2D eigenvalue weighted by Gasteiger charge is 2.51. The van der Waals surface area contributed by atoms with Crippen LogP contribution in [-0.4, -0.2) is 17.3 Å². The van der Waals surface area contributed by atoms with E-state index in [0.29, 0.717) is 5.70 Å². The normalized spacial score (nSPS) is 14.9. The minimum Gasteiger partial charge on any atom is -0.481 e. The minimum atomic E-state index is -0.723. The van der Waals surface area contributed by atoms with Gasteiger partial charge < -0.3 is 10.8 Å². The van der Waals surface area contributed by atoms with Crippen molar-refractivity contribution in [3.63, 3.8) is 0 Å². The van der Waals surface area contributed by atoms with Crippen LogP contribution in [0.3, 0.4) is 0 Å². The van der Waals surface area contributed by atoms with Crippen molar-refractivity contribution in [2.75, 3.05) is 6.26 Å². The van der Waals surface area contributed by atoms with Crippen molar-refractivity contribution in [3.8, 4) is 11.1 Å². The lowest BCUT2D eigenvalue weighted by Gasteiger charge is -2.13. The monoisotopic (exact) mass is 449 g/mol. The van der Waals surface area contributed by atoms with Gasteiger partial charge in [0, 0.05) is 4.91 Å². The second kappa shape index (κ2) is 11.8. The number of carboxylic acid groups (broad SMARTS) is 1. The lowest BCUT2D eigenvalue weighted by molar-refractivity contribution is -0.140. The summed E-state index contributed by atoms with van der Waals surface area (Å²) in [5.41, 5.74) is 11.3. The van der Waals surface area contributed by atoms with Crippen LogP contribution >= 0.6 is 11.8 Å². The molecular formula is C28H35NO2S. The Hall–Kier alpha value is -2.72. The Morgan fingerprint density at radius 1 is 1.06 bits per heavy atom. The Bertz CT molecular complexity index is 981. The number of allylic oxidation sites excluding steroid dienone is 2. The van der Waals surface area contributed by atoms with Crippen LogP contribution in [0.25, 0.3) is 16.0 Å². The van der Waals surface area contributed by atoms with Gasteiger partial charge in [-0.2, -0.15) is 0 Å². The van der Waals surface area contributed by atoms with E-state index in [9.17, 15) is 9.90 Å². The van der Waals surface area contributed by atoms with Gasteiger partial charge in [0.2, 0.25) is 0 Å². The van der Waals surface area contributed by atoms with Crippen molar-refractivity contribution < 1.29 is 9.90 Å². The van der Waals surface area contributed by atoms with Crippen LogP contribution in [-0.2, 0) is 10.2 Å². The summed E-state index contributed by atoms with van der Waals surface area (Å²) in [6.45, 7) is 10.4. The Kier molecular flexibility index (Phi) is 9.40. The summed E-state index contributed by atoms with van der Waals surface area (Å²) in [5.74, 6) is -0.723. The first kappa shape index (κ1) is 25.5. The van der Waals surface area contributed by atoms with E-state index in [1.54, 1.807) is 11.8 Å². The molecule has 1 aliphatic rings. The van der Waals surface area contributed by atoms with Crippen molar-refractivity contribution in [3.05, 3.63) is 89.7 Å². The predicted molar refractivity (Wildman–Crippen MR) is 140 cm³/mol. The number of benzene rings is 2. The molecule has 1 aliphatic carbocycles. The van der Waals surface area contributed by atoms with Crippen LogP contribution in [0.15, 0.2) is 78.5 Å². The highest BCUT2D eigenvalue weighted by Crippen LogP contribution is 2.48. The smallest absolute Gasteiger partial charge is 0.314 e. The molecule has 2 aromatic carbocycles. The molecule has 0 spiro atoms. The summed E-state index contributed by atoms with van der Waals surface area (Å²) in [6, 6.07) is 16.2. The third-order valence-electron chi connectivity index (χ3n) is 5.43. The topological polar surface area (TPSA) is 63.3 Å². The molecule has 0 aromatic heterocycles. The molecule has 0 heterocycles. The zero-order valence-corrected chi connectivity index (χ0v) is 20.5. The molecule has 3 nitrogen and oxygen atoms in total. The van der Waals surface area contributed by atoms with Gasteiger partial charge in [-0.25, -0.2) is 0 Å². The van der Waals surface area contributed by atoms with Gasteiger partial charge in [-0.3, -0.25) is 4.79 Å². The van der Waals surface area contributed by atoms with Crippen LogP contribution in [0, 0.1) is 0 Å². The number of hydrogen-bond donors (Lipinski definition) is 2. The molecule has 0 atom stereocenters. The van der Waals surface area contributed by atoms with Crippen molar-refractivity contribution in [1.82, 2.24) is 0 Å². The number of nitrogens with two attached hydrogens (primary N) is 1. The Balaban J connectivity index is 0.00000114. The number of carboxylic acids is 1. The summed E-state index contributed by atoms with van der Waals surface area (Å²) >= 11 is 1.61. The maximum absolute atomic E-state index is 11.5. The fourth-order valence-corrected chi connectivity index (χ4v) is 4.15. The molecule has 1 saturated carbocycles. The molecule has 0 amide bonds. The molecule has 0 bridgehead atoms. The van der Waals surface area contributed by atoms with Gasteiger partial charge in [0.05, 0.1) is 11.1 Å². The summed E-state index contributed by atoms with van der Waals surface area (Å²) < 4.78 is 0. The van der Waals surface area contributed by atoms with E-state index in [-0.39, 0.29) is 0 Å². The number of aliphatic carboxylic acids is 1. The largest absolute Gasteiger partial charge is 0.481 e. The molecule has 3 rings (SSSR count). The van der Waals surface area contributed by atoms with Crippen LogP contribution in [0.4, 0.5) is 0 Å². The first-order valence-corrected chi connectivity index (χ1v) is 12.4. The summed E-state index contributed by atoms with van der Waals surface area (Å²) in [7, 11) is 0. The van der Waals surface area contributed by atoms with Crippen molar-refractivity contribution in [2.45, 2.75) is 51.9 Å². The summed E-state index contributed by atoms with van der Waals surface area (Å²) in [6.07, 6.45) is 9.67. The zero-order chi connectivity index (χ0) is 23.7. The molecule has 0 aliphatic heterocycles. The lowest BCUT2D eigenvalue weighted by atomic mass is 9.93. The third kappa shape index (κ3) is 5.95. The molecule has 0 radical (unpaired) electrons. The summed E-state index contributed by atoms with van der Waals surface area (Å²) in [4.78, 5) is 12.5. The van der Waals surface area contributed by atoms with Crippen LogP contribution in [0.5, 0.6) is 0 Å². The number of carbonyl (C=O) groups is 1. The Labute approximate surface area is 197 Å². The fraction of sp³-hybridized carbons (Fsp3) is 0.321. The Morgan fingerprint density at radius 3 is 1.97 bits per heavy atom. The molecule has 2 aromatic rings. The standard InChI is InChI=1S/C25H27NO2S.C3H8/c1-4-5-6-17(2)22(26)23(29-3)20-9-7-18(8-10-20)19-11-13-21(14-12-19)25(15-16-25)24(27)28;1-3-2/h5-14H,2,4,15-16,26H2,1,3H3,(H,27,28);3H2,1-2H3/b6-5-,23-22+;. The lowest BCUT2D eigenvalue weighted by Crippen LogP contribution is -2.19. The second-order valence-electron chi connectivity index (χ2n) is 8.03. The third-order valence-corrected chi connectivity index (χ3v) is 6.29. The van der Waals surface area contributed by atoms with E-state index >= 15 is 0 Å². The van der Waals surface area contributed by atoms with Gasteiger partial charge in [-0.1, -0.05) is 94.5 Å². The zero-order valence-electron chi connectivity index (χ0n) is 19.7. The maximum atomic E-state index is 11.5. The SMILES string of the molecule is C=C(/C=C\CC)/C(N)=C(\SC)c1ccc(-c2ccc(C3(C(=O)O)CC3)cc2)cc1.CCC. The molecule has 3 N–H and O–H groups in total. The van der Waals surface area contributed by atoms with Crippen molar-refractivity contribution in [1.29, 1.82) is 0 Å². The van der Waals surface area contributed by atoms with E-state index in [1.807, 2.05) is 36.6 Å². The van der Waals surface area contributed by atoms with Gasteiger partial charge >= 0.3 is 5.97 Å². The molecule has 170 valence electrons. The van der Waals surface area contributed by atoms with Gasteiger partial charge in [-0.15, -0.1) is 11.8 Å². The molecular weight excluding hydrogens is 414 g/mol. The molecule has 1 fully saturated rings. The molecule has 0 saturated heterocycles. The first-order valence-electron chi connectivity index (χ1n) is 11.2. The highest BCUT2D eigenvalue weighted by atomic mass is 32.2. The summed E-state index contributed by atoms with van der Waals surface area (Å²) in [5, 5.41) is 9.45. The Morgan fingerprint density at radius 2 is 1.56 bits per heavy atom. The van der Waals surface area contributed by atoms with Crippen LogP contribution < -0.4 is 5.73 Å². The van der Waals surface area contributed by atoms with E-state index < -0.39 is 11.4 Å². The van der Waals surface area contributed by atoms with Crippen molar-refractivity contribution in [2.24, 2.45) is 5.73 Å². The van der Waals surface area contributed by atoms with Crippen LogP contribution in [0.2, 0.25) is 0 Å². The average Bonchev–Trinajstić information content (AvgIpc) is 3.61. The first-order chi connectivity index (χ1) is 15.3. The number of thioether (sulfide) groups is 1. The van der Waals surface area contributed by atoms with Crippen molar-refractivity contribution >= 4 is 22.6 Å². The predicted octanol–water partition coefficient (Wildman–Crippen LogP) is 7.40. The fourth-order valence-electron chi connectivity index (χ4n) is 3.43. The molecule has 0 unspecified atom stereocenters. The van der Waals surface area contributed by atoms with Gasteiger partial charge in [-0.05, 0) is 53.3 Å². The minimum absolute atomic E-state index is 0.660. The average molecular weight is 450 g/mol. The number of rotatable bonds is 8. The molecule has 4 heteroatoms. The number of hydrogen-bond acceptors (Lipinski definition) is 3. The van der Waals surface area contributed by atoms with Crippen LogP contribution in [0.1, 0.15) is 57.6 Å². The maximum Gasteiger partial charge on any atom is 0.314 e. The van der Waals surface area contributed by atoms with E-state index in [0.717, 1.165) is 52.0 Å².